The Morgan fingerprint density at radius 1 is 1.09 bits per heavy atom. The fraction of sp³-hybridized carbons (Fsp3) is 0.0909. The summed E-state index contributed by atoms with van der Waals surface area (Å²) in [5.74, 6) is 0.340. The number of furan rings is 1. The van der Waals surface area contributed by atoms with E-state index in [2.05, 4.69) is 31.3 Å². The molecule has 0 spiro atoms. The van der Waals surface area contributed by atoms with Gasteiger partial charge in [-0.15, -0.1) is 0 Å². The van der Waals surface area contributed by atoms with Crippen molar-refractivity contribution < 1.29 is 23.6 Å². The molecule has 13 heteroatoms. The van der Waals surface area contributed by atoms with Crippen LogP contribution in [0.1, 0.15) is 11.1 Å². The highest BCUT2D eigenvalue weighted by Crippen LogP contribution is 2.36. The van der Waals surface area contributed by atoms with Crippen LogP contribution in [0, 0.1) is 17.0 Å². The molecule has 0 fully saturated rings. The van der Waals surface area contributed by atoms with Gasteiger partial charge in [0, 0.05) is 17.3 Å². The summed E-state index contributed by atoms with van der Waals surface area (Å²) in [6, 6.07) is 23.8. The van der Waals surface area contributed by atoms with E-state index in [1.165, 1.54) is 18.3 Å². The first-order valence-electron chi connectivity index (χ1n) is 13.8. The van der Waals surface area contributed by atoms with E-state index < -0.39 is 28.7 Å². The van der Waals surface area contributed by atoms with E-state index in [1.54, 1.807) is 67.8 Å². The van der Waals surface area contributed by atoms with Gasteiger partial charge in [0.05, 0.1) is 39.0 Å². The van der Waals surface area contributed by atoms with Gasteiger partial charge in [0.1, 0.15) is 11.3 Å². The van der Waals surface area contributed by atoms with Crippen molar-refractivity contribution in [3.8, 4) is 23.1 Å². The Labute approximate surface area is 269 Å². The van der Waals surface area contributed by atoms with Crippen LogP contribution in [0.5, 0.6) is 11.5 Å². The Balaban J connectivity index is 1.36. The number of benzene rings is 4. The van der Waals surface area contributed by atoms with Crippen molar-refractivity contribution in [1.29, 1.82) is 0 Å². The minimum Gasteiger partial charge on any atom is -0.496 e. The number of carbonyl (C=O) groups is 1. The highest BCUT2D eigenvalue weighted by Gasteiger charge is 2.22. The first-order valence-corrected chi connectivity index (χ1v) is 14.6. The molecule has 12 nitrogen and oxygen atoms in total. The van der Waals surface area contributed by atoms with Gasteiger partial charge in [-0.1, -0.05) is 36.4 Å². The molecule has 0 saturated carbocycles. The Kier molecular flexibility index (Phi) is 8.31. The van der Waals surface area contributed by atoms with E-state index >= 15 is 0 Å². The zero-order valence-corrected chi connectivity index (χ0v) is 26.0. The molecule has 2 aromatic heterocycles. The first kappa shape index (κ1) is 30.2. The fourth-order valence-corrected chi connectivity index (χ4v) is 5.41. The van der Waals surface area contributed by atoms with Crippen molar-refractivity contribution >= 4 is 61.3 Å². The lowest BCUT2D eigenvalue weighted by Gasteiger charge is -2.11. The molecule has 6 rings (SSSR count). The van der Waals surface area contributed by atoms with Crippen molar-refractivity contribution in [2.75, 3.05) is 19.0 Å². The van der Waals surface area contributed by atoms with Crippen molar-refractivity contribution in [2.45, 2.75) is 6.92 Å². The lowest BCUT2D eigenvalue weighted by Crippen LogP contribution is -2.21. The molecule has 0 aliphatic carbocycles. The maximum Gasteiger partial charge on any atom is 0.312 e. The maximum atomic E-state index is 13.6. The summed E-state index contributed by atoms with van der Waals surface area (Å²) in [5.41, 5.74) is 1.81. The van der Waals surface area contributed by atoms with E-state index in [1.807, 2.05) is 19.1 Å². The standard InChI is InChI=1S/C33H24BrN5O7/c1-19-8-3-5-10-24(19)36-30(40)18-45-31-23(34)14-20(15-26(31)39(42)43)17-35-38-32(37-25-11-6-4-9-21(25)33(38)41)29-16-22-27(44-2)12-7-13-28(22)46-29/h3-17H,18H2,1-2H3,(H,36,40). The molecular weight excluding hydrogens is 658 g/mol. The van der Waals surface area contributed by atoms with Crippen LogP contribution in [-0.2, 0) is 4.79 Å². The largest absolute Gasteiger partial charge is 0.496 e. The van der Waals surface area contributed by atoms with Crippen molar-refractivity contribution in [1.82, 2.24) is 9.66 Å². The smallest absolute Gasteiger partial charge is 0.312 e. The number of rotatable bonds is 9. The van der Waals surface area contributed by atoms with Crippen LogP contribution in [0.15, 0.2) is 104 Å². The second-order valence-corrected chi connectivity index (χ2v) is 10.9. The lowest BCUT2D eigenvalue weighted by atomic mass is 10.2. The van der Waals surface area contributed by atoms with Gasteiger partial charge in [0.15, 0.2) is 12.4 Å². The summed E-state index contributed by atoms with van der Waals surface area (Å²) in [6.07, 6.45) is 1.29. The quantitative estimate of drug-likeness (QED) is 0.101. The number of nitro groups is 1. The summed E-state index contributed by atoms with van der Waals surface area (Å²) in [6.45, 7) is 1.38. The van der Waals surface area contributed by atoms with E-state index in [0.29, 0.717) is 33.3 Å². The summed E-state index contributed by atoms with van der Waals surface area (Å²) in [4.78, 5) is 42.2. The Morgan fingerprint density at radius 3 is 2.65 bits per heavy atom. The SMILES string of the molecule is COc1cccc2oc(-c3nc4ccccc4c(=O)n3N=Cc3cc(Br)c(OCC(=O)Nc4ccccc4C)c([N+](=O)[O-])c3)cc12. The number of aryl methyl sites for hydroxylation is 1. The molecule has 0 aliphatic heterocycles. The molecule has 0 saturated heterocycles. The first-order chi connectivity index (χ1) is 22.2. The number of ether oxygens (including phenoxy) is 2. The maximum absolute atomic E-state index is 13.6. The van der Waals surface area contributed by atoms with Gasteiger partial charge in [0.2, 0.25) is 11.6 Å². The third-order valence-corrected chi connectivity index (χ3v) is 7.64. The van der Waals surface area contributed by atoms with Gasteiger partial charge in [0.25, 0.3) is 11.5 Å². The number of para-hydroxylation sites is 2. The second kappa shape index (κ2) is 12.7. The number of halogens is 1. The van der Waals surface area contributed by atoms with Gasteiger partial charge >= 0.3 is 5.69 Å². The highest BCUT2D eigenvalue weighted by atomic mass is 79.9. The third kappa shape index (κ3) is 5.95. The predicted molar refractivity (Wildman–Crippen MR) is 177 cm³/mol. The number of hydrogen-bond acceptors (Lipinski definition) is 9. The summed E-state index contributed by atoms with van der Waals surface area (Å²) in [5, 5.41) is 20.1. The van der Waals surface area contributed by atoms with Crippen molar-refractivity contribution in [3.63, 3.8) is 0 Å². The molecule has 1 amide bonds. The molecular formula is C33H24BrN5O7. The number of anilines is 1. The number of carbonyl (C=O) groups excluding carboxylic acids is 1. The summed E-state index contributed by atoms with van der Waals surface area (Å²) < 4.78 is 18.4. The second-order valence-electron chi connectivity index (χ2n) is 10.1. The number of aromatic nitrogens is 2. The molecule has 0 unspecified atom stereocenters. The third-order valence-electron chi connectivity index (χ3n) is 7.05. The molecule has 0 bridgehead atoms. The summed E-state index contributed by atoms with van der Waals surface area (Å²) in [7, 11) is 1.55. The van der Waals surface area contributed by atoms with Crippen LogP contribution in [0.4, 0.5) is 11.4 Å². The molecule has 0 radical (unpaired) electrons. The van der Waals surface area contributed by atoms with E-state index in [9.17, 15) is 19.7 Å². The minimum atomic E-state index is -0.631. The average Bonchev–Trinajstić information content (AvgIpc) is 3.49. The monoisotopic (exact) mass is 681 g/mol. The average molecular weight is 682 g/mol. The number of nitro benzene ring substituents is 1. The lowest BCUT2D eigenvalue weighted by molar-refractivity contribution is -0.385. The number of nitrogens with one attached hydrogen (secondary N) is 1. The predicted octanol–water partition coefficient (Wildman–Crippen LogP) is 6.70. The van der Waals surface area contributed by atoms with Crippen LogP contribution in [0.25, 0.3) is 33.5 Å². The van der Waals surface area contributed by atoms with Crippen LogP contribution in [0.3, 0.4) is 0 Å². The van der Waals surface area contributed by atoms with Crippen LogP contribution < -0.4 is 20.3 Å². The molecule has 0 aliphatic rings. The van der Waals surface area contributed by atoms with Gasteiger partial charge in [-0.25, -0.2) is 4.98 Å². The van der Waals surface area contributed by atoms with E-state index in [4.69, 9.17) is 13.9 Å². The molecule has 6 aromatic rings. The van der Waals surface area contributed by atoms with Gasteiger partial charge in [-0.2, -0.15) is 9.78 Å². The van der Waals surface area contributed by atoms with Crippen molar-refractivity contribution in [2.24, 2.45) is 5.10 Å². The molecule has 1 N–H and O–H groups in total. The number of hydrogen-bond donors (Lipinski definition) is 1. The highest BCUT2D eigenvalue weighted by molar-refractivity contribution is 9.10. The van der Waals surface area contributed by atoms with Crippen molar-refractivity contribution in [3.05, 3.63) is 121 Å². The Hall–Kier alpha value is -5.82. The zero-order valence-electron chi connectivity index (χ0n) is 24.4. The van der Waals surface area contributed by atoms with E-state index in [0.717, 1.165) is 10.2 Å². The summed E-state index contributed by atoms with van der Waals surface area (Å²) >= 11 is 3.32. The Morgan fingerprint density at radius 2 is 1.87 bits per heavy atom. The van der Waals surface area contributed by atoms with Gasteiger partial charge in [-0.05, 0) is 70.9 Å². The molecule has 0 atom stereocenters. The van der Waals surface area contributed by atoms with Crippen LogP contribution >= 0.6 is 15.9 Å². The normalized spacial score (nSPS) is 11.3. The topological polar surface area (TPSA) is 151 Å². The molecule has 4 aromatic carbocycles. The fourth-order valence-electron chi connectivity index (χ4n) is 4.83. The minimum absolute atomic E-state index is 0.117. The number of amides is 1. The van der Waals surface area contributed by atoms with Crippen LogP contribution in [-0.4, -0.2) is 40.4 Å². The van der Waals surface area contributed by atoms with E-state index in [-0.39, 0.29) is 27.4 Å². The number of nitrogens with zero attached hydrogens (tertiary/aromatic N) is 4. The molecule has 46 heavy (non-hydrogen) atoms. The van der Waals surface area contributed by atoms with Gasteiger partial charge < -0.3 is 19.2 Å². The Bertz CT molecular complexity index is 2240. The number of fused-ring (bicyclic) bond motifs is 2. The molecule has 230 valence electrons. The van der Waals surface area contributed by atoms with Gasteiger partial charge in [-0.3, -0.25) is 19.7 Å². The zero-order chi connectivity index (χ0) is 32.4. The molecule has 2 heterocycles. The van der Waals surface area contributed by atoms with Crippen LogP contribution in [0.2, 0.25) is 0 Å². The number of methoxy groups -OCH3 is 1.